The summed E-state index contributed by atoms with van der Waals surface area (Å²) in [6.45, 7) is 4.05. The van der Waals surface area contributed by atoms with Crippen molar-refractivity contribution >= 4 is 5.91 Å². The molecule has 0 atom stereocenters. The molecule has 1 heterocycles. The third-order valence-electron chi connectivity index (χ3n) is 5.58. The third kappa shape index (κ3) is 4.73. The van der Waals surface area contributed by atoms with Crippen molar-refractivity contribution in [2.75, 3.05) is 33.3 Å². The Labute approximate surface area is 150 Å². The van der Waals surface area contributed by atoms with Gasteiger partial charge < -0.3 is 14.7 Å². The number of aliphatic hydroxyl groups is 1. The summed E-state index contributed by atoms with van der Waals surface area (Å²) in [7, 11) is 1.70. The summed E-state index contributed by atoms with van der Waals surface area (Å²) in [4.78, 5) is 16.8. The van der Waals surface area contributed by atoms with Crippen molar-refractivity contribution < 1.29 is 14.6 Å². The van der Waals surface area contributed by atoms with Gasteiger partial charge in [0.25, 0.3) is 0 Å². The third-order valence-corrected chi connectivity index (χ3v) is 5.58. The topological polar surface area (TPSA) is 53.0 Å². The predicted octanol–water partition coefficient (Wildman–Crippen LogP) is 2.42. The van der Waals surface area contributed by atoms with E-state index in [0.717, 1.165) is 64.2 Å². The molecule has 1 N–H and O–H groups in total. The summed E-state index contributed by atoms with van der Waals surface area (Å²) in [5, 5.41) is 10.6. The van der Waals surface area contributed by atoms with Gasteiger partial charge in [-0.3, -0.25) is 9.69 Å². The Morgan fingerprint density at radius 3 is 2.48 bits per heavy atom. The van der Waals surface area contributed by atoms with Gasteiger partial charge in [-0.2, -0.15) is 0 Å². The fourth-order valence-corrected chi connectivity index (χ4v) is 4.01. The number of ether oxygens (including phenoxy) is 1. The Morgan fingerprint density at radius 1 is 1.12 bits per heavy atom. The van der Waals surface area contributed by atoms with Gasteiger partial charge in [-0.05, 0) is 18.9 Å². The molecule has 0 radical (unpaired) electrons. The maximum absolute atomic E-state index is 12.6. The number of carbonyl (C=O) groups is 1. The zero-order valence-electron chi connectivity index (χ0n) is 15.2. The second-order valence-electron chi connectivity index (χ2n) is 7.43. The number of hydrogen-bond acceptors (Lipinski definition) is 4. The molecule has 1 amide bonds. The van der Waals surface area contributed by atoms with Crippen molar-refractivity contribution in [3.8, 4) is 5.75 Å². The summed E-state index contributed by atoms with van der Waals surface area (Å²) in [6.07, 6.45) is 5.09. The maximum Gasteiger partial charge on any atom is 0.225 e. The van der Waals surface area contributed by atoms with Gasteiger partial charge in [0.05, 0.1) is 19.1 Å². The van der Waals surface area contributed by atoms with E-state index in [2.05, 4.69) is 11.0 Å². The number of hydrogen-bond donors (Lipinski definition) is 1. The Kier molecular flexibility index (Phi) is 5.97. The number of carbonyl (C=O) groups excluding carboxylic acids is 1. The minimum absolute atomic E-state index is 0.112. The van der Waals surface area contributed by atoms with Gasteiger partial charge in [0, 0.05) is 38.3 Å². The summed E-state index contributed by atoms with van der Waals surface area (Å²) in [6, 6.07) is 8.09. The Bertz CT molecular complexity index is 576. The van der Waals surface area contributed by atoms with E-state index in [4.69, 9.17) is 4.74 Å². The highest BCUT2D eigenvalue weighted by molar-refractivity contribution is 5.77. The molecule has 0 aromatic heterocycles. The van der Waals surface area contributed by atoms with Crippen molar-refractivity contribution in [3.63, 3.8) is 0 Å². The van der Waals surface area contributed by atoms with Gasteiger partial charge in [0.2, 0.25) is 5.91 Å². The normalized spacial score (nSPS) is 21.1. The number of methoxy groups -OCH3 is 1. The fourth-order valence-electron chi connectivity index (χ4n) is 4.01. The molecule has 138 valence electrons. The largest absolute Gasteiger partial charge is 0.496 e. The van der Waals surface area contributed by atoms with Crippen molar-refractivity contribution in [3.05, 3.63) is 29.8 Å². The molecular formula is C20H30N2O3. The number of rotatable bonds is 5. The molecule has 0 bridgehead atoms. The number of piperazine rings is 1. The lowest BCUT2D eigenvalue weighted by atomic mass is 9.82. The van der Waals surface area contributed by atoms with Gasteiger partial charge in [-0.25, -0.2) is 0 Å². The van der Waals surface area contributed by atoms with Crippen molar-refractivity contribution in [2.24, 2.45) is 0 Å². The van der Waals surface area contributed by atoms with Crippen LogP contribution in [0.2, 0.25) is 0 Å². The Hall–Kier alpha value is -1.59. The first-order valence-electron chi connectivity index (χ1n) is 9.44. The smallest absolute Gasteiger partial charge is 0.225 e. The minimum Gasteiger partial charge on any atom is -0.496 e. The highest BCUT2D eigenvalue weighted by Gasteiger charge is 2.34. The zero-order valence-corrected chi connectivity index (χ0v) is 15.2. The van der Waals surface area contributed by atoms with Gasteiger partial charge in [0.1, 0.15) is 5.75 Å². The van der Waals surface area contributed by atoms with Crippen LogP contribution in [-0.4, -0.2) is 59.7 Å². The lowest BCUT2D eigenvalue weighted by molar-refractivity contribution is -0.139. The lowest BCUT2D eigenvalue weighted by Crippen LogP contribution is -2.50. The van der Waals surface area contributed by atoms with E-state index in [0.29, 0.717) is 6.42 Å². The van der Waals surface area contributed by atoms with Crippen molar-refractivity contribution in [1.29, 1.82) is 0 Å². The zero-order chi connectivity index (χ0) is 17.7. The molecule has 2 fully saturated rings. The second-order valence-corrected chi connectivity index (χ2v) is 7.43. The van der Waals surface area contributed by atoms with Crippen LogP contribution >= 0.6 is 0 Å². The average molecular weight is 346 g/mol. The average Bonchev–Trinajstić information content (AvgIpc) is 2.63. The summed E-state index contributed by atoms with van der Waals surface area (Å²) < 4.78 is 5.42. The highest BCUT2D eigenvalue weighted by atomic mass is 16.5. The molecule has 3 rings (SSSR count). The first kappa shape index (κ1) is 18.2. The molecule has 5 nitrogen and oxygen atoms in total. The number of nitrogens with zero attached hydrogens (tertiary/aromatic N) is 2. The molecule has 1 aliphatic heterocycles. The van der Waals surface area contributed by atoms with Crippen molar-refractivity contribution in [2.45, 2.75) is 50.7 Å². The van der Waals surface area contributed by atoms with E-state index in [1.165, 1.54) is 12.0 Å². The molecule has 0 spiro atoms. The van der Waals surface area contributed by atoms with Gasteiger partial charge in [-0.15, -0.1) is 0 Å². The Balaban J connectivity index is 1.49. The molecule has 5 heteroatoms. The molecular weight excluding hydrogens is 316 g/mol. The highest BCUT2D eigenvalue weighted by Crippen LogP contribution is 2.31. The molecule has 1 aromatic rings. The molecule has 2 aliphatic rings. The molecule has 1 aromatic carbocycles. The van der Waals surface area contributed by atoms with Crippen LogP contribution in [0.4, 0.5) is 0 Å². The maximum atomic E-state index is 12.6. The van der Waals surface area contributed by atoms with Crippen LogP contribution in [0, 0.1) is 0 Å². The molecule has 0 unspecified atom stereocenters. The van der Waals surface area contributed by atoms with Crippen LogP contribution in [0.1, 0.15) is 44.1 Å². The Morgan fingerprint density at radius 2 is 1.80 bits per heavy atom. The molecule has 1 saturated heterocycles. The number of amides is 1. The van der Waals surface area contributed by atoms with Crippen LogP contribution in [0.5, 0.6) is 5.75 Å². The minimum atomic E-state index is -0.760. The van der Waals surface area contributed by atoms with Crippen LogP contribution in [0.15, 0.2) is 24.3 Å². The summed E-state index contributed by atoms with van der Waals surface area (Å²) >= 11 is 0. The van der Waals surface area contributed by atoms with Crippen LogP contribution in [0.25, 0.3) is 0 Å². The second kappa shape index (κ2) is 8.19. The summed E-state index contributed by atoms with van der Waals surface area (Å²) in [5.41, 5.74) is 0.422. The fraction of sp³-hybridized carbons (Fsp3) is 0.650. The van der Waals surface area contributed by atoms with E-state index >= 15 is 0 Å². The quantitative estimate of drug-likeness (QED) is 0.890. The molecule has 1 aliphatic carbocycles. The van der Waals surface area contributed by atoms with E-state index in [-0.39, 0.29) is 5.91 Å². The SMILES string of the molecule is COc1ccccc1CN1CCN(C(=O)CC2(O)CCCCC2)CC1. The standard InChI is InChI=1S/C20H30N2O3/c1-25-18-8-4-3-7-17(18)16-21-11-13-22(14-12-21)19(23)15-20(24)9-5-2-6-10-20/h3-4,7-8,24H,2,5-6,9-16H2,1H3. The number of benzene rings is 1. The van der Waals surface area contributed by atoms with E-state index in [1.807, 2.05) is 23.1 Å². The monoisotopic (exact) mass is 346 g/mol. The van der Waals surface area contributed by atoms with Crippen LogP contribution in [-0.2, 0) is 11.3 Å². The van der Waals surface area contributed by atoms with Crippen LogP contribution in [0.3, 0.4) is 0 Å². The van der Waals surface area contributed by atoms with E-state index in [1.54, 1.807) is 7.11 Å². The van der Waals surface area contributed by atoms with Crippen LogP contribution < -0.4 is 4.74 Å². The molecule has 25 heavy (non-hydrogen) atoms. The van der Waals surface area contributed by atoms with E-state index in [9.17, 15) is 9.90 Å². The van der Waals surface area contributed by atoms with Crippen molar-refractivity contribution in [1.82, 2.24) is 9.80 Å². The first-order valence-corrected chi connectivity index (χ1v) is 9.44. The van der Waals surface area contributed by atoms with E-state index < -0.39 is 5.60 Å². The summed E-state index contributed by atoms with van der Waals surface area (Å²) in [5.74, 6) is 1.03. The van der Waals surface area contributed by atoms with Gasteiger partial charge >= 0.3 is 0 Å². The van der Waals surface area contributed by atoms with Gasteiger partial charge in [-0.1, -0.05) is 37.5 Å². The first-order chi connectivity index (χ1) is 12.1. The van der Waals surface area contributed by atoms with Gasteiger partial charge in [0.15, 0.2) is 0 Å². The predicted molar refractivity (Wildman–Crippen MR) is 97.5 cm³/mol. The molecule has 1 saturated carbocycles. The number of para-hydroxylation sites is 1. The lowest BCUT2D eigenvalue weighted by Gasteiger charge is -2.38.